The predicted molar refractivity (Wildman–Crippen MR) is 112 cm³/mol. The van der Waals surface area contributed by atoms with E-state index in [9.17, 15) is 42.6 Å². The fourth-order valence-corrected chi connectivity index (χ4v) is 4.47. The highest BCUT2D eigenvalue weighted by atomic mass is 32.2. The Labute approximate surface area is 189 Å². The molecule has 3 aromatic rings. The van der Waals surface area contributed by atoms with Gasteiger partial charge < -0.3 is 0 Å². The van der Waals surface area contributed by atoms with Crippen molar-refractivity contribution in [1.29, 1.82) is 0 Å². The van der Waals surface area contributed by atoms with Gasteiger partial charge >= 0.3 is 5.69 Å². The molecule has 0 spiro atoms. The van der Waals surface area contributed by atoms with Crippen molar-refractivity contribution >= 4 is 44.1 Å². The molecule has 0 unspecified atom stereocenters. The third kappa shape index (κ3) is 3.84. The molecule has 34 heavy (non-hydrogen) atoms. The second-order valence-corrected chi connectivity index (χ2v) is 8.68. The summed E-state index contributed by atoms with van der Waals surface area (Å²) in [5.41, 5.74) is -1.44. The third-order valence-corrected chi connectivity index (χ3v) is 6.39. The van der Waals surface area contributed by atoms with E-state index in [1.807, 2.05) is 0 Å². The standard InChI is InChI=1S/C20H12FN3O9S/c21-16-5-4-13(10-17(16)24(29)30)34(31,32)33-7-6-22-19(25)14-3-1-2-11-8-12(23(27)28)9-15(18(11)14)20(22)26/h1-5,8-10H,6-7H2. The van der Waals surface area contributed by atoms with Crippen LogP contribution in [0.5, 0.6) is 0 Å². The van der Waals surface area contributed by atoms with Crippen LogP contribution in [0.25, 0.3) is 10.8 Å². The maximum absolute atomic E-state index is 13.5. The third-order valence-electron chi connectivity index (χ3n) is 5.08. The average Bonchev–Trinajstić information content (AvgIpc) is 2.79. The number of carbonyl (C=O) groups is 2. The molecule has 1 heterocycles. The summed E-state index contributed by atoms with van der Waals surface area (Å²) in [5.74, 6) is -2.87. The van der Waals surface area contributed by atoms with E-state index < -0.39 is 61.3 Å². The van der Waals surface area contributed by atoms with Crippen molar-refractivity contribution in [1.82, 2.24) is 4.90 Å². The Kier molecular flexibility index (Phi) is 5.54. The maximum Gasteiger partial charge on any atom is 0.306 e. The molecule has 0 aromatic heterocycles. The topological polar surface area (TPSA) is 167 Å². The molecular weight excluding hydrogens is 477 g/mol. The lowest BCUT2D eigenvalue weighted by Crippen LogP contribution is -2.42. The van der Waals surface area contributed by atoms with Crippen molar-refractivity contribution in [3.63, 3.8) is 0 Å². The molecule has 14 heteroatoms. The minimum Gasteiger partial charge on any atom is -0.272 e. The van der Waals surface area contributed by atoms with Crippen molar-refractivity contribution in [2.75, 3.05) is 13.2 Å². The fourth-order valence-electron chi connectivity index (χ4n) is 3.54. The number of carbonyl (C=O) groups excluding carboxylic acids is 2. The van der Waals surface area contributed by atoms with Crippen LogP contribution >= 0.6 is 0 Å². The van der Waals surface area contributed by atoms with Crippen LogP contribution in [0.15, 0.2) is 53.4 Å². The molecular formula is C20H12FN3O9S. The molecule has 3 aromatic carbocycles. The highest BCUT2D eigenvalue weighted by molar-refractivity contribution is 7.86. The van der Waals surface area contributed by atoms with Crippen LogP contribution in [-0.4, -0.2) is 48.1 Å². The number of hydrogen-bond acceptors (Lipinski definition) is 9. The molecule has 0 bridgehead atoms. The number of non-ortho nitro benzene ring substituents is 1. The van der Waals surface area contributed by atoms with Gasteiger partial charge in [0.15, 0.2) is 0 Å². The van der Waals surface area contributed by atoms with Gasteiger partial charge in [-0.1, -0.05) is 12.1 Å². The summed E-state index contributed by atoms with van der Waals surface area (Å²) in [4.78, 5) is 46.1. The van der Waals surface area contributed by atoms with Gasteiger partial charge in [0.2, 0.25) is 5.82 Å². The first-order valence-corrected chi connectivity index (χ1v) is 10.8. The van der Waals surface area contributed by atoms with E-state index in [2.05, 4.69) is 0 Å². The molecule has 0 radical (unpaired) electrons. The summed E-state index contributed by atoms with van der Waals surface area (Å²) in [7, 11) is -4.60. The second kappa shape index (κ2) is 8.24. The van der Waals surface area contributed by atoms with Crippen molar-refractivity contribution in [2.45, 2.75) is 4.90 Å². The summed E-state index contributed by atoms with van der Waals surface area (Å²) < 4.78 is 43.0. The number of amides is 2. The minimum atomic E-state index is -4.60. The number of imide groups is 1. The van der Waals surface area contributed by atoms with Crippen LogP contribution in [0.2, 0.25) is 0 Å². The summed E-state index contributed by atoms with van der Waals surface area (Å²) in [6, 6.07) is 8.54. The number of halogens is 1. The highest BCUT2D eigenvalue weighted by Gasteiger charge is 2.34. The Morgan fingerprint density at radius 1 is 0.941 bits per heavy atom. The van der Waals surface area contributed by atoms with Gasteiger partial charge in [-0.25, -0.2) is 0 Å². The van der Waals surface area contributed by atoms with Gasteiger partial charge in [0.05, 0.1) is 28.6 Å². The molecule has 174 valence electrons. The van der Waals surface area contributed by atoms with E-state index in [1.165, 1.54) is 24.3 Å². The summed E-state index contributed by atoms with van der Waals surface area (Å²) in [5, 5.41) is 22.6. The van der Waals surface area contributed by atoms with Gasteiger partial charge in [0, 0.05) is 29.1 Å². The van der Waals surface area contributed by atoms with Gasteiger partial charge in [-0.3, -0.25) is 38.9 Å². The summed E-state index contributed by atoms with van der Waals surface area (Å²) in [6.45, 7) is -1.26. The van der Waals surface area contributed by atoms with Gasteiger partial charge in [-0.05, 0) is 23.6 Å². The van der Waals surface area contributed by atoms with Crippen LogP contribution in [0.4, 0.5) is 15.8 Å². The Hall–Kier alpha value is -4.30. The van der Waals surface area contributed by atoms with Gasteiger partial charge in [0.1, 0.15) is 4.90 Å². The normalized spacial score (nSPS) is 13.4. The predicted octanol–water partition coefficient (Wildman–Crippen LogP) is 2.80. The fraction of sp³-hybridized carbons (Fsp3) is 0.100. The Balaban J connectivity index is 1.59. The number of benzene rings is 3. The first kappa shape index (κ1) is 22.9. The quantitative estimate of drug-likeness (QED) is 0.210. The molecule has 0 fully saturated rings. The van der Waals surface area contributed by atoms with Crippen molar-refractivity contribution in [2.24, 2.45) is 0 Å². The van der Waals surface area contributed by atoms with E-state index >= 15 is 0 Å². The van der Waals surface area contributed by atoms with Crippen LogP contribution in [-0.2, 0) is 14.3 Å². The van der Waals surface area contributed by atoms with Crippen molar-refractivity contribution < 1.29 is 36.4 Å². The molecule has 0 N–H and O–H groups in total. The Morgan fingerprint density at radius 2 is 1.65 bits per heavy atom. The molecule has 0 saturated heterocycles. The minimum absolute atomic E-state index is 0.0963. The molecule has 0 saturated carbocycles. The van der Waals surface area contributed by atoms with Gasteiger partial charge in [-0.15, -0.1) is 0 Å². The largest absolute Gasteiger partial charge is 0.306 e. The zero-order chi connectivity index (χ0) is 24.8. The molecule has 2 amide bonds. The lowest BCUT2D eigenvalue weighted by Gasteiger charge is -2.26. The van der Waals surface area contributed by atoms with E-state index in [4.69, 9.17) is 4.18 Å². The number of nitro groups is 2. The molecule has 1 aliphatic rings. The lowest BCUT2D eigenvalue weighted by atomic mass is 9.93. The van der Waals surface area contributed by atoms with Gasteiger partial charge in [0.25, 0.3) is 27.6 Å². The van der Waals surface area contributed by atoms with Crippen LogP contribution in [0.3, 0.4) is 0 Å². The molecule has 12 nitrogen and oxygen atoms in total. The Bertz CT molecular complexity index is 1520. The zero-order valence-corrected chi connectivity index (χ0v) is 17.7. The summed E-state index contributed by atoms with van der Waals surface area (Å²) in [6.07, 6.45) is 0. The number of hydrogen-bond donors (Lipinski definition) is 0. The average molecular weight is 489 g/mol. The SMILES string of the molecule is O=C1c2cccc3cc([N+](=O)[O-])cc(c23)C(=O)N1CCOS(=O)(=O)c1ccc(F)c([N+](=O)[O-])c1. The van der Waals surface area contributed by atoms with E-state index in [0.717, 1.165) is 12.1 Å². The number of rotatable bonds is 7. The second-order valence-electron chi connectivity index (χ2n) is 7.06. The number of nitro benzene ring substituents is 2. The van der Waals surface area contributed by atoms with Crippen molar-refractivity contribution in [3.8, 4) is 0 Å². The number of nitrogens with zero attached hydrogens (tertiary/aromatic N) is 3. The summed E-state index contributed by atoms with van der Waals surface area (Å²) >= 11 is 0. The lowest BCUT2D eigenvalue weighted by molar-refractivity contribution is -0.387. The van der Waals surface area contributed by atoms with E-state index in [1.54, 1.807) is 0 Å². The van der Waals surface area contributed by atoms with Crippen LogP contribution < -0.4 is 0 Å². The molecule has 0 aliphatic carbocycles. The monoisotopic (exact) mass is 489 g/mol. The first-order chi connectivity index (χ1) is 16.0. The van der Waals surface area contributed by atoms with Crippen molar-refractivity contribution in [3.05, 3.63) is 85.7 Å². The smallest absolute Gasteiger partial charge is 0.272 e. The van der Waals surface area contributed by atoms with Crippen LogP contribution in [0.1, 0.15) is 20.7 Å². The molecule has 1 aliphatic heterocycles. The van der Waals surface area contributed by atoms with Crippen LogP contribution in [0, 0.1) is 26.0 Å². The van der Waals surface area contributed by atoms with E-state index in [-0.39, 0.29) is 22.2 Å². The highest BCUT2D eigenvalue weighted by Crippen LogP contribution is 2.33. The zero-order valence-electron chi connectivity index (χ0n) is 16.8. The van der Waals surface area contributed by atoms with Gasteiger partial charge in [-0.2, -0.15) is 12.8 Å². The maximum atomic E-state index is 13.5. The van der Waals surface area contributed by atoms with E-state index in [0.29, 0.717) is 22.4 Å². The first-order valence-electron chi connectivity index (χ1n) is 9.42. The molecule has 4 rings (SSSR count). The molecule has 0 atom stereocenters. The Morgan fingerprint density at radius 3 is 2.32 bits per heavy atom.